The number of rotatable bonds is 3. The van der Waals surface area contributed by atoms with Crippen LogP contribution in [0.1, 0.15) is 25.0 Å². The van der Waals surface area contributed by atoms with Gasteiger partial charge in [0.1, 0.15) is 6.61 Å². The first kappa shape index (κ1) is 10.5. The Balaban J connectivity index is 2.84. The normalized spacial score (nSPS) is 9.57. The van der Waals surface area contributed by atoms with Crippen molar-refractivity contribution >= 4 is 11.5 Å². The zero-order chi connectivity index (χ0) is 10.6. The SMILES string of the molecule is C=C(C)c1ccccc1COC(C)=O. The van der Waals surface area contributed by atoms with E-state index in [4.69, 9.17) is 4.74 Å². The van der Waals surface area contributed by atoms with E-state index in [2.05, 4.69) is 6.58 Å². The van der Waals surface area contributed by atoms with Crippen LogP contribution >= 0.6 is 0 Å². The summed E-state index contributed by atoms with van der Waals surface area (Å²) in [7, 11) is 0. The van der Waals surface area contributed by atoms with Crippen molar-refractivity contribution < 1.29 is 9.53 Å². The van der Waals surface area contributed by atoms with E-state index >= 15 is 0 Å². The van der Waals surface area contributed by atoms with Gasteiger partial charge in [0.05, 0.1) is 0 Å². The van der Waals surface area contributed by atoms with Crippen LogP contribution < -0.4 is 0 Å². The van der Waals surface area contributed by atoms with Gasteiger partial charge in [0.15, 0.2) is 0 Å². The lowest BCUT2D eigenvalue weighted by atomic mass is 10.0. The molecule has 0 atom stereocenters. The molecule has 1 rings (SSSR count). The topological polar surface area (TPSA) is 26.3 Å². The van der Waals surface area contributed by atoms with Crippen molar-refractivity contribution in [3.05, 3.63) is 42.0 Å². The van der Waals surface area contributed by atoms with Gasteiger partial charge in [0, 0.05) is 6.92 Å². The minimum Gasteiger partial charge on any atom is -0.461 e. The second-order valence-electron chi connectivity index (χ2n) is 3.22. The Hall–Kier alpha value is -1.57. The van der Waals surface area contributed by atoms with E-state index in [-0.39, 0.29) is 5.97 Å². The molecule has 1 aromatic carbocycles. The number of hydrogen-bond acceptors (Lipinski definition) is 2. The van der Waals surface area contributed by atoms with Crippen molar-refractivity contribution in [1.29, 1.82) is 0 Å². The minimum atomic E-state index is -0.262. The van der Waals surface area contributed by atoms with Crippen LogP contribution in [0.25, 0.3) is 5.57 Å². The van der Waals surface area contributed by atoms with Crippen molar-refractivity contribution in [3.63, 3.8) is 0 Å². The largest absolute Gasteiger partial charge is 0.461 e. The molecular formula is C12H14O2. The summed E-state index contributed by atoms with van der Waals surface area (Å²) in [4.78, 5) is 10.7. The van der Waals surface area contributed by atoms with Crippen molar-refractivity contribution in [2.45, 2.75) is 20.5 Å². The Morgan fingerprint density at radius 2 is 2.00 bits per heavy atom. The number of allylic oxidation sites excluding steroid dienone is 1. The third-order valence-electron chi connectivity index (χ3n) is 1.91. The summed E-state index contributed by atoms with van der Waals surface area (Å²) in [5.74, 6) is -0.262. The molecule has 0 N–H and O–H groups in total. The highest BCUT2D eigenvalue weighted by molar-refractivity contribution is 5.67. The molecule has 2 nitrogen and oxygen atoms in total. The summed E-state index contributed by atoms with van der Waals surface area (Å²) in [6.07, 6.45) is 0. The van der Waals surface area contributed by atoms with Gasteiger partial charge in [0.2, 0.25) is 0 Å². The maximum atomic E-state index is 10.7. The molecule has 0 aliphatic carbocycles. The maximum Gasteiger partial charge on any atom is 0.302 e. The first-order valence-electron chi connectivity index (χ1n) is 4.48. The van der Waals surface area contributed by atoms with Crippen LogP contribution in [0.2, 0.25) is 0 Å². The minimum absolute atomic E-state index is 0.262. The number of hydrogen-bond donors (Lipinski definition) is 0. The Morgan fingerprint density at radius 3 is 2.57 bits per heavy atom. The van der Waals surface area contributed by atoms with Crippen molar-refractivity contribution in [1.82, 2.24) is 0 Å². The molecule has 1 aromatic rings. The monoisotopic (exact) mass is 190 g/mol. The summed E-state index contributed by atoms with van der Waals surface area (Å²) in [6, 6.07) is 7.78. The zero-order valence-corrected chi connectivity index (χ0v) is 8.54. The summed E-state index contributed by atoms with van der Waals surface area (Å²) >= 11 is 0. The average molecular weight is 190 g/mol. The molecule has 0 aliphatic rings. The summed E-state index contributed by atoms with van der Waals surface area (Å²) < 4.78 is 4.94. The van der Waals surface area contributed by atoms with E-state index in [9.17, 15) is 4.79 Å². The lowest BCUT2D eigenvalue weighted by Crippen LogP contribution is -2.00. The van der Waals surface area contributed by atoms with Gasteiger partial charge in [-0.2, -0.15) is 0 Å². The van der Waals surface area contributed by atoms with E-state index in [0.29, 0.717) is 6.61 Å². The van der Waals surface area contributed by atoms with Crippen molar-refractivity contribution in [2.24, 2.45) is 0 Å². The predicted molar refractivity (Wildman–Crippen MR) is 56.6 cm³/mol. The third kappa shape index (κ3) is 2.73. The fraction of sp³-hybridized carbons (Fsp3) is 0.250. The van der Waals surface area contributed by atoms with Crippen molar-refractivity contribution in [3.8, 4) is 0 Å². The number of benzene rings is 1. The van der Waals surface area contributed by atoms with Gasteiger partial charge in [-0.15, -0.1) is 0 Å². The number of carbonyl (C=O) groups is 1. The van der Waals surface area contributed by atoms with E-state index in [1.165, 1.54) is 6.92 Å². The van der Waals surface area contributed by atoms with Gasteiger partial charge in [-0.3, -0.25) is 4.79 Å². The van der Waals surface area contributed by atoms with E-state index < -0.39 is 0 Å². The van der Waals surface area contributed by atoms with E-state index in [0.717, 1.165) is 16.7 Å². The molecule has 0 aromatic heterocycles. The highest BCUT2D eigenvalue weighted by Gasteiger charge is 2.03. The van der Waals surface area contributed by atoms with Crippen LogP contribution in [-0.2, 0) is 16.1 Å². The van der Waals surface area contributed by atoms with E-state index in [1.807, 2.05) is 31.2 Å². The van der Waals surface area contributed by atoms with Gasteiger partial charge >= 0.3 is 5.97 Å². The molecule has 74 valence electrons. The maximum absolute atomic E-state index is 10.7. The molecule has 0 bridgehead atoms. The van der Waals surface area contributed by atoms with Gasteiger partial charge in [0.25, 0.3) is 0 Å². The highest BCUT2D eigenvalue weighted by Crippen LogP contribution is 2.17. The second-order valence-corrected chi connectivity index (χ2v) is 3.22. The first-order chi connectivity index (χ1) is 6.61. The molecule has 0 saturated heterocycles. The quantitative estimate of drug-likeness (QED) is 0.685. The molecular weight excluding hydrogens is 176 g/mol. The second kappa shape index (κ2) is 4.61. The first-order valence-corrected chi connectivity index (χ1v) is 4.48. The molecule has 0 aliphatic heterocycles. The average Bonchev–Trinajstić information content (AvgIpc) is 2.15. The van der Waals surface area contributed by atoms with Crippen LogP contribution in [0, 0.1) is 0 Å². The molecule has 0 heterocycles. The fourth-order valence-corrected chi connectivity index (χ4v) is 1.24. The Morgan fingerprint density at radius 1 is 1.36 bits per heavy atom. The van der Waals surface area contributed by atoms with Gasteiger partial charge in [-0.1, -0.05) is 36.4 Å². The lowest BCUT2D eigenvalue weighted by molar-refractivity contribution is -0.142. The molecule has 0 saturated carbocycles. The van der Waals surface area contributed by atoms with Gasteiger partial charge in [-0.05, 0) is 18.1 Å². The van der Waals surface area contributed by atoms with Crippen LogP contribution in [-0.4, -0.2) is 5.97 Å². The van der Waals surface area contributed by atoms with Crippen LogP contribution in [0.15, 0.2) is 30.8 Å². The third-order valence-corrected chi connectivity index (χ3v) is 1.91. The van der Waals surface area contributed by atoms with Gasteiger partial charge < -0.3 is 4.74 Å². The molecule has 2 heteroatoms. The fourth-order valence-electron chi connectivity index (χ4n) is 1.24. The van der Waals surface area contributed by atoms with Crippen LogP contribution in [0.4, 0.5) is 0 Å². The Bertz CT molecular complexity index is 353. The summed E-state index contributed by atoms with van der Waals surface area (Å²) in [6.45, 7) is 7.53. The van der Waals surface area contributed by atoms with Gasteiger partial charge in [-0.25, -0.2) is 0 Å². The zero-order valence-electron chi connectivity index (χ0n) is 8.54. The number of ether oxygens (including phenoxy) is 1. The molecule has 0 spiro atoms. The van der Waals surface area contributed by atoms with E-state index in [1.54, 1.807) is 0 Å². The smallest absolute Gasteiger partial charge is 0.302 e. The summed E-state index contributed by atoms with van der Waals surface area (Å²) in [5, 5.41) is 0. The molecule has 0 amide bonds. The lowest BCUT2D eigenvalue weighted by Gasteiger charge is -2.08. The highest BCUT2D eigenvalue weighted by atomic mass is 16.5. The predicted octanol–water partition coefficient (Wildman–Crippen LogP) is 2.78. The van der Waals surface area contributed by atoms with Crippen LogP contribution in [0.5, 0.6) is 0 Å². The summed E-state index contributed by atoms with van der Waals surface area (Å²) in [5.41, 5.74) is 3.02. The van der Waals surface area contributed by atoms with Crippen molar-refractivity contribution in [2.75, 3.05) is 0 Å². The number of esters is 1. The molecule has 0 radical (unpaired) electrons. The standard InChI is InChI=1S/C12H14O2/c1-9(2)12-7-5-4-6-11(12)8-14-10(3)13/h4-7H,1,8H2,2-3H3. The Labute approximate surface area is 84.2 Å². The Kier molecular flexibility index (Phi) is 3.46. The number of carbonyl (C=O) groups excluding carboxylic acids is 1. The molecule has 0 fully saturated rings. The molecule has 0 unspecified atom stereocenters. The molecule has 14 heavy (non-hydrogen) atoms. The van der Waals surface area contributed by atoms with Crippen LogP contribution in [0.3, 0.4) is 0 Å².